The van der Waals surface area contributed by atoms with Crippen LogP contribution in [0.15, 0.2) is 102 Å². The molecule has 0 atom stereocenters. The number of anilines is 2. The number of allylic oxidation sites excluding steroid dienone is 1. The number of nitrogens with zero attached hydrogens (tertiary/aromatic N) is 2. The van der Waals surface area contributed by atoms with Crippen LogP contribution in [0.5, 0.6) is 0 Å². The lowest BCUT2D eigenvalue weighted by atomic mass is 9.97. The Labute approximate surface area is 255 Å². The third-order valence-electron chi connectivity index (χ3n) is 7.81. The maximum Gasteiger partial charge on any atom is 0.255 e. The first-order valence-corrected chi connectivity index (χ1v) is 15.8. The fourth-order valence-electron chi connectivity index (χ4n) is 5.54. The highest BCUT2D eigenvalue weighted by Gasteiger charge is 2.26. The van der Waals surface area contributed by atoms with Crippen molar-refractivity contribution in [2.24, 2.45) is 0 Å². The molecule has 6 rings (SSSR count). The number of nitrogens with one attached hydrogen (secondary N) is 1. The average molecular weight is 608 g/mol. The number of benzene rings is 4. The summed E-state index contributed by atoms with van der Waals surface area (Å²) in [7, 11) is -0.669. The van der Waals surface area contributed by atoms with Crippen molar-refractivity contribution in [1.82, 2.24) is 5.32 Å². The van der Waals surface area contributed by atoms with Crippen molar-refractivity contribution in [3.05, 3.63) is 120 Å². The maximum absolute atomic E-state index is 13.7. The standard InChI is InChI=1S/C35H30FN3O4S/c1-5-30-27-12-7-6-9-22(27)17-18-39(30)26-11-8-10-24(19-26)28-20-29-32(21-31(28)38(3)44(4,41)42)43-34(33(29)35(40)37-2)23-13-15-25(36)16-14-23/h5-21H,1-4H3,(H,37,40)/b30-5-. The third-order valence-corrected chi connectivity index (χ3v) is 9.00. The van der Waals surface area contributed by atoms with E-state index in [2.05, 4.69) is 34.5 Å². The lowest BCUT2D eigenvalue weighted by Gasteiger charge is -2.29. The van der Waals surface area contributed by atoms with Gasteiger partial charge in [0.05, 0.1) is 17.5 Å². The van der Waals surface area contributed by atoms with Crippen LogP contribution in [0.25, 0.3) is 45.2 Å². The van der Waals surface area contributed by atoms with Crippen molar-refractivity contribution in [1.29, 1.82) is 0 Å². The second kappa shape index (κ2) is 11.2. The summed E-state index contributed by atoms with van der Waals surface area (Å²) >= 11 is 0. The second-order valence-corrected chi connectivity index (χ2v) is 12.5. The minimum atomic E-state index is -3.67. The van der Waals surface area contributed by atoms with E-state index in [9.17, 15) is 17.6 Å². The molecule has 222 valence electrons. The molecule has 5 aromatic rings. The number of fused-ring (bicyclic) bond motifs is 2. The van der Waals surface area contributed by atoms with Gasteiger partial charge in [-0.2, -0.15) is 0 Å². The predicted molar refractivity (Wildman–Crippen MR) is 175 cm³/mol. The molecule has 1 aliphatic heterocycles. The molecule has 1 N–H and O–H groups in total. The van der Waals surface area contributed by atoms with Crippen molar-refractivity contribution in [2.75, 3.05) is 29.6 Å². The molecule has 4 aromatic carbocycles. The molecule has 0 saturated heterocycles. The number of halogens is 1. The first-order valence-electron chi connectivity index (χ1n) is 14.0. The normalized spacial score (nSPS) is 13.8. The van der Waals surface area contributed by atoms with Gasteiger partial charge in [0.25, 0.3) is 5.91 Å². The first kappa shape index (κ1) is 28.9. The SMILES string of the molecule is C/C=C1/c2ccccc2C=CN1c1cccc(-c2cc3c(C(=O)NC)c(-c4ccc(F)cc4)oc3cc2N(C)S(C)(=O)=O)c1. The fraction of sp³-hybridized carbons (Fsp3) is 0.114. The Morgan fingerprint density at radius 2 is 1.70 bits per heavy atom. The van der Waals surface area contributed by atoms with Crippen LogP contribution in [0.3, 0.4) is 0 Å². The summed E-state index contributed by atoms with van der Waals surface area (Å²) in [5.41, 5.74) is 6.93. The van der Waals surface area contributed by atoms with Crippen molar-refractivity contribution in [2.45, 2.75) is 6.92 Å². The van der Waals surface area contributed by atoms with Crippen LogP contribution in [0.2, 0.25) is 0 Å². The van der Waals surface area contributed by atoms with E-state index in [1.807, 2.05) is 49.5 Å². The van der Waals surface area contributed by atoms with Gasteiger partial charge in [-0.3, -0.25) is 9.10 Å². The number of carbonyl (C=O) groups excluding carboxylic acids is 1. The van der Waals surface area contributed by atoms with E-state index in [0.29, 0.717) is 27.8 Å². The Morgan fingerprint density at radius 1 is 0.955 bits per heavy atom. The van der Waals surface area contributed by atoms with Crippen molar-refractivity contribution in [3.63, 3.8) is 0 Å². The Hall–Kier alpha value is -5.15. The van der Waals surface area contributed by atoms with Crippen LogP contribution in [-0.4, -0.2) is 34.7 Å². The van der Waals surface area contributed by atoms with Crippen LogP contribution in [0.4, 0.5) is 15.8 Å². The number of rotatable bonds is 6. The molecule has 0 fully saturated rings. The van der Waals surface area contributed by atoms with Crippen LogP contribution < -0.4 is 14.5 Å². The van der Waals surface area contributed by atoms with E-state index >= 15 is 0 Å². The zero-order valence-electron chi connectivity index (χ0n) is 24.6. The monoisotopic (exact) mass is 607 g/mol. The molecule has 44 heavy (non-hydrogen) atoms. The summed E-state index contributed by atoms with van der Waals surface area (Å²) in [5, 5.41) is 3.17. The second-order valence-electron chi connectivity index (χ2n) is 10.5. The predicted octanol–water partition coefficient (Wildman–Crippen LogP) is 7.51. The van der Waals surface area contributed by atoms with Gasteiger partial charge in [-0.05, 0) is 66.6 Å². The molecule has 9 heteroatoms. The third kappa shape index (κ3) is 5.05. The smallest absolute Gasteiger partial charge is 0.255 e. The van der Waals surface area contributed by atoms with Gasteiger partial charge in [-0.15, -0.1) is 0 Å². The number of hydrogen-bond acceptors (Lipinski definition) is 5. The molecule has 1 aromatic heterocycles. The molecule has 1 aliphatic rings. The lowest BCUT2D eigenvalue weighted by Crippen LogP contribution is -2.25. The highest BCUT2D eigenvalue weighted by Crippen LogP contribution is 2.43. The van der Waals surface area contributed by atoms with E-state index in [4.69, 9.17) is 4.42 Å². The number of amides is 1. The van der Waals surface area contributed by atoms with E-state index in [0.717, 1.165) is 34.3 Å². The minimum Gasteiger partial charge on any atom is -0.455 e. The lowest BCUT2D eigenvalue weighted by molar-refractivity contribution is 0.0964. The van der Waals surface area contributed by atoms with Gasteiger partial charge in [-0.1, -0.05) is 42.5 Å². The Bertz CT molecular complexity index is 2100. The number of furan rings is 1. The molecule has 0 saturated carbocycles. The van der Waals surface area contributed by atoms with Crippen LogP contribution in [0, 0.1) is 5.82 Å². The molecule has 0 aliphatic carbocycles. The zero-order valence-corrected chi connectivity index (χ0v) is 25.4. The molecule has 0 unspecified atom stereocenters. The van der Waals surface area contributed by atoms with Crippen molar-refractivity contribution < 1.29 is 22.0 Å². The Kier molecular flexibility index (Phi) is 7.34. The quantitative estimate of drug-likeness (QED) is 0.216. The highest BCUT2D eigenvalue weighted by molar-refractivity contribution is 7.92. The van der Waals surface area contributed by atoms with Gasteiger partial charge in [0.1, 0.15) is 17.2 Å². The Balaban J connectivity index is 1.58. The molecule has 2 heterocycles. The van der Waals surface area contributed by atoms with Gasteiger partial charge in [0.15, 0.2) is 0 Å². The summed E-state index contributed by atoms with van der Waals surface area (Å²) in [4.78, 5) is 15.3. The zero-order chi connectivity index (χ0) is 31.2. The number of carbonyl (C=O) groups is 1. The largest absolute Gasteiger partial charge is 0.455 e. The van der Waals surface area contributed by atoms with E-state index in [-0.39, 0.29) is 17.2 Å². The van der Waals surface area contributed by atoms with Crippen LogP contribution in [0.1, 0.15) is 28.4 Å². The molecule has 0 radical (unpaired) electrons. The van der Waals surface area contributed by atoms with E-state index in [1.54, 1.807) is 12.1 Å². The van der Waals surface area contributed by atoms with Gasteiger partial charge < -0.3 is 14.6 Å². The van der Waals surface area contributed by atoms with E-state index in [1.165, 1.54) is 42.7 Å². The number of sulfonamides is 1. The summed E-state index contributed by atoms with van der Waals surface area (Å²) < 4.78 is 46.8. The van der Waals surface area contributed by atoms with Gasteiger partial charge in [0, 0.05) is 59.8 Å². The molecule has 1 amide bonds. The molecule has 0 bridgehead atoms. The van der Waals surface area contributed by atoms with Gasteiger partial charge >= 0.3 is 0 Å². The van der Waals surface area contributed by atoms with Crippen LogP contribution >= 0.6 is 0 Å². The van der Waals surface area contributed by atoms with Crippen molar-refractivity contribution in [3.8, 4) is 22.5 Å². The molecule has 7 nitrogen and oxygen atoms in total. The molecular formula is C35H30FN3O4S. The maximum atomic E-state index is 13.7. The first-order chi connectivity index (χ1) is 21.1. The van der Waals surface area contributed by atoms with Gasteiger partial charge in [0.2, 0.25) is 10.0 Å². The van der Waals surface area contributed by atoms with Crippen molar-refractivity contribution >= 4 is 50.0 Å². The summed E-state index contributed by atoms with van der Waals surface area (Å²) in [6.45, 7) is 1.99. The minimum absolute atomic E-state index is 0.257. The number of hydrogen-bond donors (Lipinski definition) is 1. The van der Waals surface area contributed by atoms with Crippen LogP contribution in [-0.2, 0) is 10.0 Å². The summed E-state index contributed by atoms with van der Waals surface area (Å²) in [6, 6.07) is 25.0. The summed E-state index contributed by atoms with van der Waals surface area (Å²) in [5.74, 6) is -0.548. The molecule has 0 spiro atoms. The molecular weight excluding hydrogens is 577 g/mol. The van der Waals surface area contributed by atoms with E-state index < -0.39 is 15.8 Å². The summed E-state index contributed by atoms with van der Waals surface area (Å²) in [6.07, 6.45) is 7.26. The average Bonchev–Trinajstić information content (AvgIpc) is 3.41. The fourth-order valence-corrected chi connectivity index (χ4v) is 6.05. The topological polar surface area (TPSA) is 82.9 Å². The highest BCUT2D eigenvalue weighted by atomic mass is 32.2. The van der Waals surface area contributed by atoms with Gasteiger partial charge in [-0.25, -0.2) is 12.8 Å². The Morgan fingerprint density at radius 3 is 2.41 bits per heavy atom.